The summed E-state index contributed by atoms with van der Waals surface area (Å²) in [6, 6.07) is 36.4. The van der Waals surface area contributed by atoms with Gasteiger partial charge in [0.15, 0.2) is 0 Å². The number of rotatable bonds is 0. The summed E-state index contributed by atoms with van der Waals surface area (Å²) in [5.74, 6) is 0. The minimum Gasteiger partial charge on any atom is -0.759 e. The molecule has 0 atom stereocenters. The molecule has 6 aromatic heterocycles. The quantitative estimate of drug-likeness (QED) is 0.0701. The van der Waals surface area contributed by atoms with Crippen molar-refractivity contribution in [2.45, 2.75) is 0 Å². The van der Waals surface area contributed by atoms with Gasteiger partial charge in [0, 0.05) is 79.9 Å². The maximum Gasteiger partial charge on any atom is 2.00 e. The molecule has 236 valence electrons. The normalized spacial score (nSPS) is 10.7. The van der Waals surface area contributed by atoms with E-state index in [1.54, 1.807) is 37.2 Å². The van der Waals surface area contributed by atoms with Crippen LogP contribution < -0.4 is 0 Å². The molecular formula is C36H24FeN6O4S. The van der Waals surface area contributed by atoms with Crippen molar-refractivity contribution in [3.63, 3.8) is 0 Å². The van der Waals surface area contributed by atoms with Crippen molar-refractivity contribution in [2.75, 3.05) is 0 Å². The maximum absolute atomic E-state index is 8.52. The summed E-state index contributed by atoms with van der Waals surface area (Å²) in [7, 11) is -5.17. The SMILES string of the molecule is O=S(=O)([O-])[O-].[Fe+2].c1cnc2c(c1)ccc1cccnc12.c1cnc2c(c1)ccc1cccnc12.c1cnc2c(c1)ccc1cccnc12. The second-order valence-corrected chi connectivity index (χ2v) is 10.9. The number of benzene rings is 3. The topological polar surface area (TPSA) is 158 Å². The van der Waals surface area contributed by atoms with Crippen LogP contribution in [0.15, 0.2) is 146 Å². The zero-order valence-electron chi connectivity index (χ0n) is 24.9. The van der Waals surface area contributed by atoms with Crippen molar-refractivity contribution >= 4 is 75.8 Å². The van der Waals surface area contributed by atoms with Crippen LogP contribution in [0.5, 0.6) is 0 Å². The van der Waals surface area contributed by atoms with E-state index >= 15 is 0 Å². The first-order chi connectivity index (χ1) is 22.8. The molecule has 0 aliphatic heterocycles. The third kappa shape index (κ3) is 8.26. The molecule has 0 amide bonds. The number of hydrogen-bond acceptors (Lipinski definition) is 10. The first-order valence-electron chi connectivity index (χ1n) is 14.3. The van der Waals surface area contributed by atoms with Crippen LogP contribution in [0.2, 0.25) is 0 Å². The van der Waals surface area contributed by atoms with Gasteiger partial charge in [0.05, 0.1) is 33.1 Å². The second-order valence-electron chi connectivity index (χ2n) is 10.1. The van der Waals surface area contributed by atoms with Gasteiger partial charge in [-0.15, -0.1) is 0 Å². The molecule has 0 saturated heterocycles. The third-order valence-electron chi connectivity index (χ3n) is 7.03. The third-order valence-corrected chi connectivity index (χ3v) is 7.03. The van der Waals surface area contributed by atoms with Gasteiger partial charge >= 0.3 is 17.1 Å². The summed E-state index contributed by atoms with van der Waals surface area (Å²) >= 11 is 0. The molecule has 9 rings (SSSR count). The van der Waals surface area contributed by atoms with Crippen molar-refractivity contribution in [3.05, 3.63) is 146 Å². The Morgan fingerprint density at radius 1 is 0.333 bits per heavy atom. The molecule has 3 aromatic carbocycles. The molecular weight excluding hydrogens is 668 g/mol. The second kappa shape index (κ2) is 15.4. The summed E-state index contributed by atoms with van der Waals surface area (Å²) in [6.45, 7) is 0. The van der Waals surface area contributed by atoms with Crippen LogP contribution in [-0.4, -0.2) is 47.4 Å². The minimum absolute atomic E-state index is 0. The van der Waals surface area contributed by atoms with Gasteiger partial charge in [-0.25, -0.2) is 0 Å². The van der Waals surface area contributed by atoms with E-state index in [2.05, 4.69) is 103 Å². The van der Waals surface area contributed by atoms with Gasteiger partial charge in [-0.2, -0.15) is 0 Å². The van der Waals surface area contributed by atoms with E-state index in [1.807, 2.05) is 36.4 Å². The molecule has 48 heavy (non-hydrogen) atoms. The van der Waals surface area contributed by atoms with Gasteiger partial charge in [0.2, 0.25) is 0 Å². The first kappa shape index (κ1) is 33.9. The molecule has 9 aromatic rings. The van der Waals surface area contributed by atoms with Gasteiger partial charge in [-0.1, -0.05) is 72.8 Å². The van der Waals surface area contributed by atoms with E-state index in [0.29, 0.717) is 0 Å². The fourth-order valence-corrected chi connectivity index (χ4v) is 5.04. The molecule has 0 saturated carbocycles. The van der Waals surface area contributed by atoms with E-state index in [9.17, 15) is 0 Å². The van der Waals surface area contributed by atoms with Crippen LogP contribution in [0.4, 0.5) is 0 Å². The summed E-state index contributed by atoms with van der Waals surface area (Å²) in [5.41, 5.74) is 5.86. The Kier molecular flexibility index (Phi) is 10.9. The first-order valence-corrected chi connectivity index (χ1v) is 15.6. The molecule has 10 nitrogen and oxygen atoms in total. The van der Waals surface area contributed by atoms with E-state index in [0.717, 1.165) is 65.4 Å². The van der Waals surface area contributed by atoms with E-state index in [4.69, 9.17) is 17.5 Å². The number of nitrogens with zero attached hydrogens (tertiary/aromatic N) is 6. The Hall–Kier alpha value is -5.49. The number of hydrogen-bond donors (Lipinski definition) is 0. The molecule has 0 radical (unpaired) electrons. The van der Waals surface area contributed by atoms with E-state index < -0.39 is 10.4 Å². The average Bonchev–Trinajstić information content (AvgIpc) is 3.11. The molecule has 12 heteroatoms. The summed E-state index contributed by atoms with van der Waals surface area (Å²) in [4.78, 5) is 26.1. The zero-order valence-corrected chi connectivity index (χ0v) is 26.9. The van der Waals surface area contributed by atoms with Crippen LogP contribution in [0.3, 0.4) is 0 Å². The largest absolute Gasteiger partial charge is 2.00 e. The predicted octanol–water partition coefficient (Wildman–Crippen LogP) is 7.01. The Labute approximate surface area is 285 Å². The fourth-order valence-electron chi connectivity index (χ4n) is 5.04. The van der Waals surface area contributed by atoms with Gasteiger partial charge in [-0.05, 0) is 36.4 Å². The molecule has 0 fully saturated rings. The Morgan fingerprint density at radius 2 is 0.479 bits per heavy atom. The predicted molar refractivity (Wildman–Crippen MR) is 182 cm³/mol. The van der Waals surface area contributed by atoms with E-state index in [-0.39, 0.29) is 17.1 Å². The number of aromatic nitrogens is 6. The van der Waals surface area contributed by atoms with Crippen LogP contribution in [0.25, 0.3) is 65.4 Å². The van der Waals surface area contributed by atoms with E-state index in [1.165, 1.54) is 0 Å². The van der Waals surface area contributed by atoms with Crippen LogP contribution in [-0.2, 0) is 27.5 Å². The van der Waals surface area contributed by atoms with Gasteiger partial charge in [0.25, 0.3) is 0 Å². The van der Waals surface area contributed by atoms with Crippen LogP contribution >= 0.6 is 0 Å². The monoisotopic (exact) mass is 692 g/mol. The summed E-state index contributed by atoms with van der Waals surface area (Å²) < 4.78 is 34.1. The standard InChI is InChI=1S/3C12H8N2.Fe.H2O4S/c3*1-3-9-5-6-10-4-2-8-14-12(10)11(9)13-7-1;;1-5(2,3)4/h3*1-8H;;(H2,1,2,3,4)/q;;;+2;/p-2. The Morgan fingerprint density at radius 3 is 0.625 bits per heavy atom. The molecule has 6 heterocycles. The Balaban J connectivity index is 0.000000130. The smallest absolute Gasteiger partial charge is 0.759 e. The molecule has 0 unspecified atom stereocenters. The van der Waals surface area contributed by atoms with Crippen molar-refractivity contribution < 1.29 is 34.6 Å². The van der Waals surface area contributed by atoms with Crippen LogP contribution in [0, 0.1) is 0 Å². The molecule has 0 aliphatic rings. The Bertz CT molecular complexity index is 2170. The minimum atomic E-state index is -5.17. The number of fused-ring (bicyclic) bond motifs is 9. The molecule has 0 N–H and O–H groups in total. The number of pyridine rings is 6. The maximum atomic E-state index is 8.52. The fraction of sp³-hybridized carbons (Fsp3) is 0. The molecule has 0 bridgehead atoms. The summed E-state index contributed by atoms with van der Waals surface area (Å²) in [6.07, 6.45) is 10.8. The van der Waals surface area contributed by atoms with Crippen molar-refractivity contribution in [1.29, 1.82) is 0 Å². The summed E-state index contributed by atoms with van der Waals surface area (Å²) in [5, 5.41) is 6.83. The van der Waals surface area contributed by atoms with Gasteiger partial charge in [-0.3, -0.25) is 38.3 Å². The van der Waals surface area contributed by atoms with Gasteiger partial charge < -0.3 is 9.11 Å². The molecule has 0 aliphatic carbocycles. The van der Waals surface area contributed by atoms with Crippen molar-refractivity contribution in [1.82, 2.24) is 29.9 Å². The van der Waals surface area contributed by atoms with Gasteiger partial charge in [0.1, 0.15) is 0 Å². The molecule has 0 spiro atoms. The van der Waals surface area contributed by atoms with Crippen molar-refractivity contribution in [3.8, 4) is 0 Å². The average molecular weight is 693 g/mol. The van der Waals surface area contributed by atoms with Crippen molar-refractivity contribution in [2.24, 2.45) is 0 Å². The van der Waals surface area contributed by atoms with Crippen LogP contribution in [0.1, 0.15) is 0 Å². The zero-order chi connectivity index (χ0) is 32.6.